The van der Waals surface area contributed by atoms with Gasteiger partial charge in [-0.25, -0.2) is 0 Å². The number of nitrogens with zero attached hydrogens (tertiary/aromatic N) is 1. The number of aromatic nitrogens is 1. The van der Waals surface area contributed by atoms with E-state index in [9.17, 15) is 13.2 Å². The lowest BCUT2D eigenvalue weighted by atomic mass is 9.89. The van der Waals surface area contributed by atoms with E-state index in [0.29, 0.717) is 5.56 Å². The van der Waals surface area contributed by atoms with Crippen LogP contribution in [0.2, 0.25) is 5.02 Å². The fraction of sp³-hybridized carbons (Fsp3) is 0.560. The molecule has 2 aromatic rings. The first-order valence-corrected chi connectivity index (χ1v) is 11.6. The van der Waals surface area contributed by atoms with Gasteiger partial charge in [-0.15, -0.1) is 0 Å². The maximum atomic E-state index is 13.1. The molecule has 0 radical (unpaired) electrons. The molecule has 0 unspecified atom stereocenters. The topological polar surface area (TPSA) is 12.9 Å². The van der Waals surface area contributed by atoms with Crippen LogP contribution in [0.5, 0.6) is 0 Å². The van der Waals surface area contributed by atoms with E-state index in [1.807, 2.05) is 6.92 Å². The number of fused-ring (bicyclic) bond motifs is 1. The van der Waals surface area contributed by atoms with Gasteiger partial charge in [0.05, 0.1) is 5.56 Å². The molecule has 5 heteroatoms. The van der Waals surface area contributed by atoms with Crippen molar-refractivity contribution < 1.29 is 13.2 Å². The van der Waals surface area contributed by atoms with Gasteiger partial charge in [0.15, 0.2) is 0 Å². The SMILES string of the molecule is CC[C@H](CCCCCCc1ccc2c(n1)CCCC2)c1cc(Cl)cc(C(F)(F)F)c1. The summed E-state index contributed by atoms with van der Waals surface area (Å²) in [6.07, 6.45) is 7.50. The molecule has 164 valence electrons. The molecule has 1 aromatic heterocycles. The van der Waals surface area contributed by atoms with Crippen molar-refractivity contribution in [3.63, 3.8) is 0 Å². The molecule has 1 aliphatic carbocycles. The number of halogens is 4. The van der Waals surface area contributed by atoms with Gasteiger partial charge in [-0.2, -0.15) is 13.2 Å². The molecule has 0 saturated heterocycles. The first kappa shape index (κ1) is 23.1. The Bertz CT molecular complexity index is 832. The normalized spacial score (nSPS) is 15.1. The van der Waals surface area contributed by atoms with Gasteiger partial charge in [0.1, 0.15) is 0 Å². The highest BCUT2D eigenvalue weighted by molar-refractivity contribution is 6.30. The highest BCUT2D eigenvalue weighted by atomic mass is 35.5. The van der Waals surface area contributed by atoms with E-state index in [2.05, 4.69) is 12.1 Å². The summed E-state index contributed by atoms with van der Waals surface area (Å²) < 4.78 is 39.2. The lowest BCUT2D eigenvalue weighted by molar-refractivity contribution is -0.137. The molecule has 1 aliphatic rings. The van der Waals surface area contributed by atoms with Crippen molar-refractivity contribution >= 4 is 11.6 Å². The number of pyridine rings is 1. The zero-order valence-electron chi connectivity index (χ0n) is 17.7. The van der Waals surface area contributed by atoms with Gasteiger partial charge in [0, 0.05) is 16.4 Å². The molecular weight excluding hydrogens is 407 g/mol. The van der Waals surface area contributed by atoms with Crippen molar-refractivity contribution in [3.8, 4) is 0 Å². The van der Waals surface area contributed by atoms with Crippen LogP contribution >= 0.6 is 11.6 Å². The Morgan fingerprint density at radius 3 is 2.53 bits per heavy atom. The van der Waals surface area contributed by atoms with Crippen LogP contribution in [0.15, 0.2) is 30.3 Å². The van der Waals surface area contributed by atoms with Crippen LogP contribution in [-0.4, -0.2) is 4.98 Å². The smallest absolute Gasteiger partial charge is 0.258 e. The van der Waals surface area contributed by atoms with Gasteiger partial charge in [0.25, 0.3) is 0 Å². The third-order valence-corrected chi connectivity index (χ3v) is 6.40. The number of aryl methyl sites for hydroxylation is 3. The summed E-state index contributed by atoms with van der Waals surface area (Å²) in [5.41, 5.74) is 3.96. The van der Waals surface area contributed by atoms with Crippen molar-refractivity contribution in [1.82, 2.24) is 4.98 Å². The fourth-order valence-corrected chi connectivity index (χ4v) is 4.68. The van der Waals surface area contributed by atoms with Gasteiger partial charge in [0.2, 0.25) is 0 Å². The third-order valence-electron chi connectivity index (χ3n) is 6.18. The molecule has 30 heavy (non-hydrogen) atoms. The van der Waals surface area contributed by atoms with Crippen LogP contribution in [0, 0.1) is 0 Å². The monoisotopic (exact) mass is 437 g/mol. The highest BCUT2D eigenvalue weighted by Gasteiger charge is 2.31. The standard InChI is InChI=1S/C25H31ClF3N/c1-2-18(20-15-21(25(27,28)29)17-22(26)16-20)9-5-3-4-6-11-23-14-13-19-10-7-8-12-24(19)30-23/h13-18H,2-12H2,1H3/t18-/m1/s1. The molecule has 0 N–H and O–H groups in total. The van der Waals surface area contributed by atoms with E-state index in [1.165, 1.54) is 35.9 Å². The maximum Gasteiger partial charge on any atom is 0.416 e. The number of unbranched alkanes of at least 4 members (excludes halogenated alkanes) is 3. The molecule has 1 nitrogen and oxygen atoms in total. The summed E-state index contributed by atoms with van der Waals surface area (Å²) in [5.74, 6) is 0.118. The predicted molar refractivity (Wildman–Crippen MR) is 117 cm³/mol. The average Bonchev–Trinajstić information content (AvgIpc) is 2.72. The molecule has 1 heterocycles. The number of benzene rings is 1. The second-order valence-electron chi connectivity index (χ2n) is 8.44. The Kier molecular flexibility index (Phi) is 8.21. The Balaban J connectivity index is 1.44. The first-order chi connectivity index (χ1) is 14.4. The minimum absolute atomic E-state index is 0.118. The largest absolute Gasteiger partial charge is 0.416 e. The van der Waals surface area contributed by atoms with Crippen molar-refractivity contribution in [1.29, 1.82) is 0 Å². The van der Waals surface area contributed by atoms with Gasteiger partial charge in [-0.3, -0.25) is 4.98 Å². The number of hydrogen-bond acceptors (Lipinski definition) is 1. The Labute approximate surface area is 183 Å². The van der Waals surface area contributed by atoms with Gasteiger partial charge < -0.3 is 0 Å². The van der Waals surface area contributed by atoms with Crippen molar-refractivity contribution in [2.75, 3.05) is 0 Å². The summed E-state index contributed by atoms with van der Waals surface area (Å²) in [6.45, 7) is 2.03. The van der Waals surface area contributed by atoms with Crippen LogP contribution in [0.3, 0.4) is 0 Å². The summed E-state index contributed by atoms with van der Waals surface area (Å²) in [7, 11) is 0. The van der Waals surface area contributed by atoms with Crippen LogP contribution in [-0.2, 0) is 25.4 Å². The summed E-state index contributed by atoms with van der Waals surface area (Å²) in [6, 6.07) is 8.39. The van der Waals surface area contributed by atoms with Crippen molar-refractivity contribution in [2.24, 2.45) is 0 Å². The van der Waals surface area contributed by atoms with E-state index in [-0.39, 0.29) is 10.9 Å². The maximum absolute atomic E-state index is 13.1. The summed E-state index contributed by atoms with van der Waals surface area (Å²) in [5, 5.41) is 0.163. The van der Waals surface area contributed by atoms with E-state index < -0.39 is 11.7 Å². The third kappa shape index (κ3) is 6.47. The van der Waals surface area contributed by atoms with E-state index in [0.717, 1.165) is 63.9 Å². The van der Waals surface area contributed by atoms with Crippen LogP contribution < -0.4 is 0 Å². The molecule has 0 bridgehead atoms. The Morgan fingerprint density at radius 2 is 1.77 bits per heavy atom. The van der Waals surface area contributed by atoms with E-state index in [4.69, 9.17) is 16.6 Å². The fourth-order valence-electron chi connectivity index (χ4n) is 4.44. The average molecular weight is 438 g/mol. The molecule has 0 fully saturated rings. The molecule has 0 aliphatic heterocycles. The number of rotatable bonds is 9. The first-order valence-electron chi connectivity index (χ1n) is 11.2. The molecular formula is C25H31ClF3N. The molecule has 0 amide bonds. The second-order valence-corrected chi connectivity index (χ2v) is 8.88. The number of hydrogen-bond donors (Lipinski definition) is 0. The summed E-state index contributed by atoms with van der Waals surface area (Å²) >= 11 is 5.96. The zero-order valence-corrected chi connectivity index (χ0v) is 18.5. The molecule has 0 saturated carbocycles. The quantitative estimate of drug-likeness (QED) is 0.359. The molecule has 1 atom stereocenters. The minimum atomic E-state index is -4.36. The Morgan fingerprint density at radius 1 is 1.00 bits per heavy atom. The second kappa shape index (κ2) is 10.7. The minimum Gasteiger partial charge on any atom is -0.258 e. The van der Waals surface area contributed by atoms with Crippen molar-refractivity contribution in [2.45, 2.75) is 89.6 Å². The molecule has 1 aromatic carbocycles. The van der Waals surface area contributed by atoms with Gasteiger partial charge >= 0.3 is 6.18 Å². The number of alkyl halides is 3. The molecule has 0 spiro atoms. The lowest BCUT2D eigenvalue weighted by Gasteiger charge is -2.18. The Hall–Kier alpha value is -1.55. The predicted octanol–water partition coefficient (Wildman–Crippen LogP) is 8.32. The van der Waals surface area contributed by atoms with Gasteiger partial charge in [-0.05, 0) is 92.7 Å². The molecule has 3 rings (SSSR count). The van der Waals surface area contributed by atoms with Crippen LogP contribution in [0.25, 0.3) is 0 Å². The van der Waals surface area contributed by atoms with Crippen molar-refractivity contribution in [3.05, 3.63) is 63.4 Å². The highest BCUT2D eigenvalue weighted by Crippen LogP contribution is 2.35. The zero-order chi connectivity index (χ0) is 21.6. The van der Waals surface area contributed by atoms with E-state index in [1.54, 1.807) is 6.07 Å². The van der Waals surface area contributed by atoms with E-state index >= 15 is 0 Å². The van der Waals surface area contributed by atoms with Crippen LogP contribution in [0.4, 0.5) is 13.2 Å². The van der Waals surface area contributed by atoms with Crippen LogP contribution in [0.1, 0.15) is 92.3 Å². The van der Waals surface area contributed by atoms with Gasteiger partial charge in [-0.1, -0.05) is 43.9 Å². The lowest BCUT2D eigenvalue weighted by Crippen LogP contribution is -2.07. The summed E-state index contributed by atoms with van der Waals surface area (Å²) in [4.78, 5) is 4.84.